The number of rotatable bonds is 1. The number of nitrogens with zero attached hydrogens (tertiary/aromatic N) is 4. The molecule has 7 nitrogen and oxygen atoms in total. The average molecular weight is 362 g/mol. The van der Waals surface area contributed by atoms with Crippen molar-refractivity contribution in [1.82, 2.24) is 14.7 Å². The molecule has 140 valence electrons. The van der Waals surface area contributed by atoms with Gasteiger partial charge in [-0.3, -0.25) is 14.4 Å². The van der Waals surface area contributed by atoms with Crippen LogP contribution in [-0.4, -0.2) is 84.8 Å². The minimum Gasteiger partial charge on any atom is -0.368 e. The molecule has 0 atom stereocenters. The molecule has 2 heterocycles. The van der Waals surface area contributed by atoms with Gasteiger partial charge >= 0.3 is 11.8 Å². The van der Waals surface area contributed by atoms with E-state index in [4.69, 9.17) is 0 Å². The molecule has 0 saturated carbocycles. The lowest BCUT2D eigenvalue weighted by atomic mass is 10.2. The Morgan fingerprint density at radius 2 is 1.15 bits per heavy atom. The van der Waals surface area contributed by atoms with Gasteiger partial charge in [-0.15, -0.1) is 0 Å². The third-order valence-electron chi connectivity index (χ3n) is 4.95. The van der Waals surface area contributed by atoms with Crippen molar-refractivity contribution in [3.8, 4) is 0 Å². The van der Waals surface area contributed by atoms with Crippen LogP contribution in [0.1, 0.15) is 6.92 Å². The Kier molecular flexibility index (Phi) is 5.39. The van der Waals surface area contributed by atoms with Gasteiger partial charge in [0.1, 0.15) is 5.82 Å². The molecule has 3 amide bonds. The van der Waals surface area contributed by atoms with Crippen LogP contribution < -0.4 is 4.90 Å². The van der Waals surface area contributed by atoms with Gasteiger partial charge in [0.05, 0.1) is 0 Å². The number of piperazine rings is 2. The van der Waals surface area contributed by atoms with Crippen molar-refractivity contribution >= 4 is 23.4 Å². The van der Waals surface area contributed by atoms with Crippen LogP contribution in [0.2, 0.25) is 0 Å². The quantitative estimate of drug-likeness (QED) is 0.668. The van der Waals surface area contributed by atoms with E-state index < -0.39 is 11.8 Å². The van der Waals surface area contributed by atoms with E-state index in [0.29, 0.717) is 52.4 Å². The summed E-state index contributed by atoms with van der Waals surface area (Å²) in [6.45, 7) is 5.32. The van der Waals surface area contributed by atoms with Crippen molar-refractivity contribution in [2.75, 3.05) is 57.3 Å². The van der Waals surface area contributed by atoms with Gasteiger partial charge in [-0.25, -0.2) is 4.39 Å². The highest BCUT2D eigenvalue weighted by atomic mass is 19.1. The SMILES string of the molecule is CC(=O)N1CCN(C(=O)C(=O)N2CCN(c3ccc(F)cc3)CC2)CC1. The van der Waals surface area contributed by atoms with E-state index in [2.05, 4.69) is 4.90 Å². The van der Waals surface area contributed by atoms with Crippen molar-refractivity contribution in [2.45, 2.75) is 6.92 Å². The van der Waals surface area contributed by atoms with Crippen molar-refractivity contribution < 1.29 is 18.8 Å². The van der Waals surface area contributed by atoms with Gasteiger partial charge in [-0.2, -0.15) is 0 Å². The normalized spacial score (nSPS) is 18.1. The molecule has 2 aliphatic rings. The molecule has 0 bridgehead atoms. The molecule has 0 radical (unpaired) electrons. The topological polar surface area (TPSA) is 64.2 Å². The molecule has 1 aromatic carbocycles. The lowest BCUT2D eigenvalue weighted by Gasteiger charge is -2.38. The molecule has 0 spiro atoms. The largest absolute Gasteiger partial charge is 0.368 e. The van der Waals surface area contributed by atoms with Gasteiger partial charge in [0, 0.05) is 65.0 Å². The first-order valence-electron chi connectivity index (χ1n) is 8.80. The third-order valence-corrected chi connectivity index (χ3v) is 4.95. The summed E-state index contributed by atoms with van der Waals surface area (Å²) >= 11 is 0. The molecule has 0 aromatic heterocycles. The Labute approximate surface area is 151 Å². The first-order valence-corrected chi connectivity index (χ1v) is 8.80. The van der Waals surface area contributed by atoms with Gasteiger partial charge in [0.25, 0.3) is 0 Å². The number of carbonyl (C=O) groups is 3. The number of carbonyl (C=O) groups excluding carboxylic acids is 3. The summed E-state index contributed by atoms with van der Waals surface area (Å²) in [5, 5.41) is 0. The van der Waals surface area contributed by atoms with Gasteiger partial charge in [-0.05, 0) is 24.3 Å². The van der Waals surface area contributed by atoms with E-state index in [9.17, 15) is 18.8 Å². The second-order valence-corrected chi connectivity index (χ2v) is 6.55. The van der Waals surface area contributed by atoms with E-state index >= 15 is 0 Å². The molecule has 8 heteroatoms. The number of hydrogen-bond acceptors (Lipinski definition) is 4. The van der Waals surface area contributed by atoms with Gasteiger partial charge in [0.15, 0.2) is 0 Å². The highest BCUT2D eigenvalue weighted by Crippen LogP contribution is 2.17. The van der Waals surface area contributed by atoms with Gasteiger partial charge < -0.3 is 19.6 Å². The van der Waals surface area contributed by atoms with Crippen LogP contribution in [0, 0.1) is 5.82 Å². The molecular formula is C18H23FN4O3. The zero-order valence-electron chi connectivity index (χ0n) is 14.9. The molecule has 0 N–H and O–H groups in total. The monoisotopic (exact) mass is 362 g/mol. The molecule has 2 aliphatic heterocycles. The van der Waals surface area contributed by atoms with Crippen LogP contribution in [0.15, 0.2) is 24.3 Å². The summed E-state index contributed by atoms with van der Waals surface area (Å²) in [6.07, 6.45) is 0. The summed E-state index contributed by atoms with van der Waals surface area (Å²) in [7, 11) is 0. The summed E-state index contributed by atoms with van der Waals surface area (Å²) in [5.74, 6) is -1.28. The van der Waals surface area contributed by atoms with Crippen molar-refractivity contribution in [3.63, 3.8) is 0 Å². The van der Waals surface area contributed by atoms with E-state index in [1.807, 2.05) is 0 Å². The fourth-order valence-corrected chi connectivity index (χ4v) is 3.31. The smallest absolute Gasteiger partial charge is 0.312 e. The second kappa shape index (κ2) is 7.72. The highest BCUT2D eigenvalue weighted by Gasteiger charge is 2.31. The molecule has 2 fully saturated rings. The first kappa shape index (κ1) is 18.2. The van der Waals surface area contributed by atoms with E-state index in [1.165, 1.54) is 24.0 Å². The lowest BCUT2D eigenvalue weighted by Crippen LogP contribution is -2.56. The van der Waals surface area contributed by atoms with Gasteiger partial charge in [0.2, 0.25) is 5.91 Å². The molecule has 26 heavy (non-hydrogen) atoms. The molecule has 0 unspecified atom stereocenters. The van der Waals surface area contributed by atoms with Crippen molar-refractivity contribution in [2.24, 2.45) is 0 Å². The second-order valence-electron chi connectivity index (χ2n) is 6.55. The summed E-state index contributed by atoms with van der Waals surface area (Å²) in [4.78, 5) is 43.1. The molecule has 0 aliphatic carbocycles. The van der Waals surface area contributed by atoms with Crippen LogP contribution in [0.5, 0.6) is 0 Å². The Balaban J connectivity index is 1.51. The maximum Gasteiger partial charge on any atom is 0.312 e. The fraction of sp³-hybridized carbons (Fsp3) is 0.500. The van der Waals surface area contributed by atoms with Crippen LogP contribution >= 0.6 is 0 Å². The van der Waals surface area contributed by atoms with Crippen molar-refractivity contribution in [1.29, 1.82) is 0 Å². The predicted molar refractivity (Wildman–Crippen MR) is 94.0 cm³/mol. The van der Waals surface area contributed by atoms with Crippen LogP contribution in [0.4, 0.5) is 10.1 Å². The third kappa shape index (κ3) is 3.95. The molecule has 3 rings (SSSR count). The number of anilines is 1. The summed E-state index contributed by atoms with van der Waals surface area (Å²) < 4.78 is 13.0. The Morgan fingerprint density at radius 3 is 1.62 bits per heavy atom. The van der Waals surface area contributed by atoms with Crippen LogP contribution in [0.25, 0.3) is 0 Å². The average Bonchev–Trinajstić information content (AvgIpc) is 2.67. The number of halogens is 1. The van der Waals surface area contributed by atoms with Crippen LogP contribution in [-0.2, 0) is 14.4 Å². The first-order chi connectivity index (χ1) is 12.5. The minimum absolute atomic E-state index is 0.0136. The zero-order valence-corrected chi connectivity index (χ0v) is 14.9. The van der Waals surface area contributed by atoms with E-state index in [1.54, 1.807) is 21.9 Å². The van der Waals surface area contributed by atoms with Crippen molar-refractivity contribution in [3.05, 3.63) is 30.1 Å². The minimum atomic E-state index is -0.497. The maximum atomic E-state index is 13.0. The number of hydrogen-bond donors (Lipinski definition) is 0. The Bertz CT molecular complexity index is 678. The Hall–Kier alpha value is -2.64. The zero-order chi connectivity index (χ0) is 18.7. The number of benzene rings is 1. The molecule has 2 saturated heterocycles. The summed E-state index contributed by atoms with van der Waals surface area (Å²) in [6, 6.07) is 6.26. The van der Waals surface area contributed by atoms with E-state index in [0.717, 1.165) is 5.69 Å². The molecular weight excluding hydrogens is 339 g/mol. The maximum absolute atomic E-state index is 13.0. The fourth-order valence-electron chi connectivity index (χ4n) is 3.31. The van der Waals surface area contributed by atoms with Gasteiger partial charge in [-0.1, -0.05) is 0 Å². The number of amides is 3. The summed E-state index contributed by atoms with van der Waals surface area (Å²) in [5.41, 5.74) is 0.908. The van der Waals surface area contributed by atoms with E-state index in [-0.39, 0.29) is 11.7 Å². The standard InChI is InChI=1S/C18H23FN4O3/c1-14(24)20-6-10-22(11-7-20)17(25)18(26)23-12-8-21(9-13-23)16-4-2-15(19)3-5-16/h2-5H,6-13H2,1H3. The Morgan fingerprint density at radius 1 is 0.731 bits per heavy atom. The predicted octanol–water partition coefficient (Wildman–Crippen LogP) is 0.165. The van der Waals surface area contributed by atoms with Crippen LogP contribution in [0.3, 0.4) is 0 Å². The lowest BCUT2D eigenvalue weighted by molar-refractivity contribution is -0.153. The highest BCUT2D eigenvalue weighted by molar-refractivity contribution is 6.35. The molecule has 1 aromatic rings.